The Labute approximate surface area is 110 Å². The first kappa shape index (κ1) is 13.5. The third-order valence-electron chi connectivity index (χ3n) is 2.97. The zero-order chi connectivity index (χ0) is 13.8. The number of carboxylic acid groups (broad SMARTS) is 1. The molecule has 0 bridgehead atoms. The molecule has 0 atom stereocenters. The lowest BCUT2D eigenvalue weighted by Crippen LogP contribution is -2.33. The lowest BCUT2D eigenvalue weighted by Gasteiger charge is -2.29. The topological polar surface area (TPSA) is 82.9 Å². The first-order chi connectivity index (χ1) is 9.11. The van der Waals surface area contributed by atoms with Gasteiger partial charge in [0, 0.05) is 36.5 Å². The Morgan fingerprint density at radius 3 is 3.11 bits per heavy atom. The van der Waals surface area contributed by atoms with Gasteiger partial charge in [-0.25, -0.2) is 4.79 Å². The van der Waals surface area contributed by atoms with Crippen molar-refractivity contribution in [1.82, 2.24) is 9.88 Å². The largest absolute Gasteiger partial charge is 0.478 e. The Balaban J connectivity index is 2.14. The van der Waals surface area contributed by atoms with E-state index in [2.05, 4.69) is 4.98 Å². The molecule has 1 aromatic heterocycles. The number of carbonyl (C=O) groups is 1. The molecule has 2 N–H and O–H groups in total. The Morgan fingerprint density at radius 1 is 1.63 bits per heavy atom. The van der Waals surface area contributed by atoms with Gasteiger partial charge in [-0.15, -0.1) is 0 Å². The molecule has 19 heavy (non-hydrogen) atoms. The van der Waals surface area contributed by atoms with E-state index in [4.69, 9.17) is 9.84 Å². The molecule has 0 saturated carbocycles. The van der Waals surface area contributed by atoms with Crippen molar-refractivity contribution < 1.29 is 19.7 Å². The van der Waals surface area contributed by atoms with Gasteiger partial charge in [0.15, 0.2) is 0 Å². The monoisotopic (exact) mass is 264 g/mol. The highest BCUT2D eigenvalue weighted by Gasteiger charge is 2.21. The van der Waals surface area contributed by atoms with Crippen LogP contribution in [0.3, 0.4) is 0 Å². The summed E-state index contributed by atoms with van der Waals surface area (Å²) in [6.45, 7) is 3.25. The second-order valence-corrected chi connectivity index (χ2v) is 4.36. The van der Waals surface area contributed by atoms with Crippen LogP contribution in [0.5, 0.6) is 5.75 Å². The molecule has 0 unspecified atom stereocenters. The molecule has 6 heteroatoms. The Bertz CT molecular complexity index is 514. The van der Waals surface area contributed by atoms with E-state index in [0.717, 1.165) is 28.6 Å². The number of aliphatic hydroxyl groups is 1. The molecule has 6 nitrogen and oxygen atoms in total. The summed E-state index contributed by atoms with van der Waals surface area (Å²) in [6, 6.07) is 0. The zero-order valence-electron chi connectivity index (χ0n) is 10.7. The number of rotatable bonds is 4. The summed E-state index contributed by atoms with van der Waals surface area (Å²) < 4.78 is 5.64. The van der Waals surface area contributed by atoms with Gasteiger partial charge in [-0.3, -0.25) is 9.88 Å². The van der Waals surface area contributed by atoms with Crippen LogP contribution in [-0.4, -0.2) is 39.3 Å². The van der Waals surface area contributed by atoms with Gasteiger partial charge in [0.25, 0.3) is 0 Å². The van der Waals surface area contributed by atoms with Crippen molar-refractivity contribution in [3.8, 4) is 5.75 Å². The van der Waals surface area contributed by atoms with Crippen LogP contribution in [0.2, 0.25) is 0 Å². The predicted octanol–water partition coefficient (Wildman–Crippen LogP) is 0.675. The Morgan fingerprint density at radius 2 is 2.42 bits per heavy atom. The van der Waals surface area contributed by atoms with E-state index in [1.807, 2.05) is 11.8 Å². The molecule has 2 rings (SSSR count). The minimum atomic E-state index is -0.964. The van der Waals surface area contributed by atoms with Crippen LogP contribution in [0.1, 0.15) is 16.8 Å². The van der Waals surface area contributed by atoms with Gasteiger partial charge in [-0.05, 0) is 6.92 Å². The summed E-state index contributed by atoms with van der Waals surface area (Å²) >= 11 is 0. The average Bonchev–Trinajstić information content (AvgIpc) is 2.39. The maximum atomic E-state index is 10.4. The lowest BCUT2D eigenvalue weighted by molar-refractivity contribution is -0.131. The summed E-state index contributed by atoms with van der Waals surface area (Å²) in [5.74, 6) is -0.237. The van der Waals surface area contributed by atoms with Crippen LogP contribution in [0.4, 0.5) is 0 Å². The maximum Gasteiger partial charge on any atom is 0.328 e. The van der Waals surface area contributed by atoms with E-state index >= 15 is 0 Å². The van der Waals surface area contributed by atoms with Crippen LogP contribution < -0.4 is 4.74 Å². The van der Waals surface area contributed by atoms with Crippen molar-refractivity contribution in [1.29, 1.82) is 0 Å². The summed E-state index contributed by atoms with van der Waals surface area (Å²) in [7, 11) is 0. The Kier molecular flexibility index (Phi) is 4.13. The van der Waals surface area contributed by atoms with Gasteiger partial charge in [0.1, 0.15) is 12.5 Å². The van der Waals surface area contributed by atoms with Gasteiger partial charge in [0.2, 0.25) is 0 Å². The number of aromatic nitrogens is 1. The molecule has 0 aliphatic carbocycles. The molecule has 0 spiro atoms. The van der Waals surface area contributed by atoms with Crippen LogP contribution >= 0.6 is 0 Å². The fourth-order valence-electron chi connectivity index (χ4n) is 2.02. The minimum absolute atomic E-state index is 0.0855. The number of hydrogen-bond acceptors (Lipinski definition) is 5. The summed E-state index contributed by atoms with van der Waals surface area (Å²) in [5, 5.41) is 17.9. The van der Waals surface area contributed by atoms with Crippen LogP contribution in [-0.2, 0) is 17.9 Å². The third kappa shape index (κ3) is 3.10. The maximum absolute atomic E-state index is 10.4. The SMILES string of the molecule is Cc1ncc(CO)c2c1OCN(C/C=C/C(=O)O)C2. The first-order valence-corrected chi connectivity index (χ1v) is 5.94. The number of carboxylic acids is 1. The molecule has 0 amide bonds. The van der Waals surface area contributed by atoms with Crippen LogP contribution in [0, 0.1) is 6.92 Å². The second-order valence-electron chi connectivity index (χ2n) is 4.36. The summed E-state index contributed by atoms with van der Waals surface area (Å²) in [5.41, 5.74) is 2.46. The van der Waals surface area contributed by atoms with Gasteiger partial charge in [-0.2, -0.15) is 0 Å². The van der Waals surface area contributed by atoms with Gasteiger partial charge in [0.05, 0.1) is 12.3 Å². The highest BCUT2D eigenvalue weighted by molar-refractivity contribution is 5.79. The molecule has 0 fully saturated rings. The lowest BCUT2D eigenvalue weighted by atomic mass is 10.1. The van der Waals surface area contributed by atoms with Crippen molar-refractivity contribution >= 4 is 5.97 Å². The molecule has 0 saturated heterocycles. The fraction of sp³-hybridized carbons (Fsp3) is 0.385. The third-order valence-corrected chi connectivity index (χ3v) is 2.97. The van der Waals surface area contributed by atoms with E-state index in [9.17, 15) is 9.90 Å². The van der Waals surface area contributed by atoms with Crippen LogP contribution in [0.25, 0.3) is 0 Å². The highest BCUT2D eigenvalue weighted by atomic mass is 16.5. The van der Waals surface area contributed by atoms with Gasteiger partial charge < -0.3 is 14.9 Å². The molecule has 102 valence electrons. The van der Waals surface area contributed by atoms with Gasteiger partial charge in [-0.1, -0.05) is 6.08 Å². The number of fused-ring (bicyclic) bond motifs is 1. The van der Waals surface area contributed by atoms with Crippen molar-refractivity contribution in [2.24, 2.45) is 0 Å². The molecular formula is C13H16N2O4. The average molecular weight is 264 g/mol. The van der Waals surface area contributed by atoms with E-state index in [1.54, 1.807) is 12.3 Å². The number of aryl methyl sites for hydroxylation is 1. The number of nitrogens with zero attached hydrogens (tertiary/aromatic N) is 2. The van der Waals surface area contributed by atoms with Crippen molar-refractivity contribution in [3.05, 3.63) is 35.2 Å². The summed E-state index contributed by atoms with van der Waals surface area (Å²) in [4.78, 5) is 16.5. The molecule has 0 aromatic carbocycles. The Hall–Kier alpha value is -1.92. The van der Waals surface area contributed by atoms with Crippen molar-refractivity contribution in [3.63, 3.8) is 0 Å². The molecule has 2 heterocycles. The van der Waals surface area contributed by atoms with E-state index in [-0.39, 0.29) is 6.61 Å². The minimum Gasteiger partial charge on any atom is -0.478 e. The molecular weight excluding hydrogens is 248 g/mol. The molecule has 1 aromatic rings. The zero-order valence-corrected chi connectivity index (χ0v) is 10.7. The van der Waals surface area contributed by atoms with Crippen LogP contribution in [0.15, 0.2) is 18.3 Å². The molecule has 0 radical (unpaired) electrons. The number of ether oxygens (including phenoxy) is 1. The van der Waals surface area contributed by atoms with E-state index < -0.39 is 5.97 Å². The van der Waals surface area contributed by atoms with Crippen molar-refractivity contribution in [2.45, 2.75) is 20.1 Å². The predicted molar refractivity (Wildman–Crippen MR) is 67.6 cm³/mol. The van der Waals surface area contributed by atoms with E-state index in [0.29, 0.717) is 19.8 Å². The molecule has 1 aliphatic heterocycles. The first-order valence-electron chi connectivity index (χ1n) is 5.94. The summed E-state index contributed by atoms with van der Waals surface area (Å²) in [6.07, 6.45) is 4.33. The number of pyridine rings is 1. The quantitative estimate of drug-likeness (QED) is 0.778. The second kappa shape index (κ2) is 5.81. The van der Waals surface area contributed by atoms with Gasteiger partial charge >= 0.3 is 5.97 Å². The number of aliphatic carboxylic acids is 1. The number of aliphatic hydroxyl groups excluding tert-OH is 1. The fourth-order valence-corrected chi connectivity index (χ4v) is 2.02. The van der Waals surface area contributed by atoms with Crippen molar-refractivity contribution in [2.75, 3.05) is 13.3 Å². The smallest absolute Gasteiger partial charge is 0.328 e. The highest BCUT2D eigenvalue weighted by Crippen LogP contribution is 2.30. The number of hydrogen-bond donors (Lipinski definition) is 2. The standard InChI is InChI=1S/C13H16N2O4/c1-9-13-11(10(7-16)5-14-9)6-15(8-19-13)4-2-3-12(17)18/h2-3,5,16H,4,6-8H2,1H3,(H,17,18)/b3-2+. The normalized spacial score (nSPS) is 15.3. The van der Waals surface area contributed by atoms with E-state index in [1.165, 1.54) is 0 Å². The molecule has 1 aliphatic rings.